The van der Waals surface area contributed by atoms with Gasteiger partial charge in [-0.05, 0) is 74.2 Å². The molecule has 1 amide bonds. The lowest BCUT2D eigenvalue weighted by molar-refractivity contribution is 0.0767. The first-order chi connectivity index (χ1) is 20.4. The van der Waals surface area contributed by atoms with E-state index in [1.165, 1.54) is 23.3 Å². The van der Waals surface area contributed by atoms with Crippen molar-refractivity contribution < 1.29 is 9.18 Å². The van der Waals surface area contributed by atoms with Crippen LogP contribution in [0.25, 0.3) is 16.7 Å². The summed E-state index contributed by atoms with van der Waals surface area (Å²) >= 11 is 0. The summed E-state index contributed by atoms with van der Waals surface area (Å²) in [5.41, 5.74) is 6.50. The minimum absolute atomic E-state index is 0.0627. The molecule has 8 heteroatoms. The van der Waals surface area contributed by atoms with Crippen LogP contribution in [-0.2, 0) is 12.8 Å². The number of carbonyl (C=O) groups is 1. The lowest BCUT2D eigenvalue weighted by atomic mass is 10.1. The molecular formula is C34H35FN6O. The number of amides is 1. The van der Waals surface area contributed by atoms with Gasteiger partial charge in [0.25, 0.3) is 5.91 Å². The molecule has 0 saturated carbocycles. The van der Waals surface area contributed by atoms with Gasteiger partial charge in [0, 0.05) is 38.2 Å². The second-order valence-electron chi connectivity index (χ2n) is 11.0. The lowest BCUT2D eigenvalue weighted by Gasteiger charge is -2.24. The van der Waals surface area contributed by atoms with Crippen LogP contribution in [0.2, 0.25) is 0 Å². The number of carbonyl (C=O) groups excluding carboxylic acids is 1. The van der Waals surface area contributed by atoms with Crippen LogP contribution in [0.4, 0.5) is 10.2 Å². The summed E-state index contributed by atoms with van der Waals surface area (Å²) in [6, 6.07) is 22.6. The van der Waals surface area contributed by atoms with Gasteiger partial charge in [-0.3, -0.25) is 4.79 Å². The Morgan fingerprint density at radius 2 is 1.55 bits per heavy atom. The Bertz CT molecular complexity index is 1710. The zero-order valence-electron chi connectivity index (χ0n) is 24.3. The van der Waals surface area contributed by atoms with Crippen molar-refractivity contribution in [2.24, 2.45) is 0 Å². The number of aromatic nitrogens is 4. The van der Waals surface area contributed by atoms with Crippen LogP contribution in [0, 0.1) is 19.7 Å². The van der Waals surface area contributed by atoms with Crippen molar-refractivity contribution in [2.75, 3.05) is 31.1 Å². The molecule has 1 aliphatic rings. The molecule has 214 valence electrons. The third kappa shape index (κ3) is 5.62. The Labute approximate surface area is 245 Å². The van der Waals surface area contributed by atoms with Gasteiger partial charge in [-0.25, -0.2) is 19.0 Å². The first kappa shape index (κ1) is 27.6. The number of hydrogen-bond acceptors (Lipinski definition) is 5. The number of nitrogens with zero attached hydrogens (tertiary/aromatic N) is 6. The number of benzene rings is 3. The van der Waals surface area contributed by atoms with Gasteiger partial charge in [-0.2, -0.15) is 5.10 Å². The average Bonchev–Trinajstić information content (AvgIpc) is 3.17. The second kappa shape index (κ2) is 11.7. The molecule has 0 bridgehead atoms. The topological polar surface area (TPSA) is 67.2 Å². The normalized spacial score (nSPS) is 13.9. The lowest BCUT2D eigenvalue weighted by Crippen LogP contribution is -2.35. The molecule has 0 unspecified atom stereocenters. The Morgan fingerprint density at radius 1 is 0.833 bits per heavy atom. The van der Waals surface area contributed by atoms with Gasteiger partial charge < -0.3 is 9.80 Å². The van der Waals surface area contributed by atoms with E-state index in [0.29, 0.717) is 37.5 Å². The highest BCUT2D eigenvalue weighted by Crippen LogP contribution is 2.30. The number of halogens is 1. The minimum atomic E-state index is -0.299. The molecule has 6 rings (SSSR count). The van der Waals surface area contributed by atoms with Crippen molar-refractivity contribution in [3.05, 3.63) is 112 Å². The molecule has 3 heterocycles. The van der Waals surface area contributed by atoms with Crippen molar-refractivity contribution in [1.29, 1.82) is 0 Å². The van der Waals surface area contributed by atoms with E-state index in [-0.39, 0.29) is 11.7 Å². The van der Waals surface area contributed by atoms with Gasteiger partial charge in [0.1, 0.15) is 17.5 Å². The first-order valence-corrected chi connectivity index (χ1v) is 14.6. The zero-order valence-corrected chi connectivity index (χ0v) is 24.3. The van der Waals surface area contributed by atoms with Crippen molar-refractivity contribution in [1.82, 2.24) is 24.6 Å². The molecule has 3 aromatic carbocycles. The van der Waals surface area contributed by atoms with E-state index in [4.69, 9.17) is 15.1 Å². The highest BCUT2D eigenvalue weighted by molar-refractivity contribution is 5.94. The molecule has 2 aromatic heterocycles. The molecule has 0 radical (unpaired) electrons. The van der Waals surface area contributed by atoms with Gasteiger partial charge in [0.2, 0.25) is 0 Å². The molecule has 1 fully saturated rings. The standard InChI is InChI=1S/C34H35FN6O/c1-4-25-10-12-27(13-11-25)34(42)40-19-5-18-39(20-21-40)32-31-24(3)38-41(29-16-14-28(35)15-17-29)33(31)37-30(36-32)22-26-8-6-23(2)7-9-26/h6-17H,4-5,18-22H2,1-3H3. The van der Waals surface area contributed by atoms with Crippen LogP contribution in [0.5, 0.6) is 0 Å². The van der Waals surface area contributed by atoms with E-state index >= 15 is 0 Å². The summed E-state index contributed by atoms with van der Waals surface area (Å²) in [4.78, 5) is 27.7. The first-order valence-electron chi connectivity index (χ1n) is 14.6. The Balaban J connectivity index is 1.36. The number of rotatable bonds is 6. The fraction of sp³-hybridized carbons (Fsp3) is 0.294. The Kier molecular flexibility index (Phi) is 7.69. The van der Waals surface area contributed by atoms with Gasteiger partial charge in [-0.15, -0.1) is 0 Å². The van der Waals surface area contributed by atoms with Crippen molar-refractivity contribution in [2.45, 2.75) is 40.0 Å². The monoisotopic (exact) mass is 562 g/mol. The number of hydrogen-bond donors (Lipinski definition) is 0. The van der Waals surface area contributed by atoms with Gasteiger partial charge in [0.15, 0.2) is 5.65 Å². The summed E-state index contributed by atoms with van der Waals surface area (Å²) < 4.78 is 15.5. The van der Waals surface area contributed by atoms with Crippen molar-refractivity contribution in [3.63, 3.8) is 0 Å². The predicted molar refractivity (Wildman–Crippen MR) is 164 cm³/mol. The fourth-order valence-electron chi connectivity index (χ4n) is 5.56. The summed E-state index contributed by atoms with van der Waals surface area (Å²) in [5.74, 6) is 1.28. The number of fused-ring (bicyclic) bond motifs is 1. The summed E-state index contributed by atoms with van der Waals surface area (Å²) in [5, 5.41) is 5.70. The van der Waals surface area contributed by atoms with Crippen LogP contribution in [0.1, 0.15) is 51.9 Å². The average molecular weight is 563 g/mol. The van der Waals surface area contributed by atoms with Crippen molar-refractivity contribution >= 4 is 22.8 Å². The van der Waals surface area contributed by atoms with E-state index in [1.807, 2.05) is 36.1 Å². The third-order valence-corrected chi connectivity index (χ3v) is 7.98. The maximum Gasteiger partial charge on any atom is 0.253 e. The van der Waals surface area contributed by atoms with Gasteiger partial charge in [0.05, 0.1) is 16.8 Å². The maximum absolute atomic E-state index is 13.7. The predicted octanol–water partition coefficient (Wildman–Crippen LogP) is 6.08. The highest BCUT2D eigenvalue weighted by atomic mass is 19.1. The summed E-state index contributed by atoms with van der Waals surface area (Å²) in [6.45, 7) is 8.83. The molecule has 0 N–H and O–H groups in total. The molecule has 1 saturated heterocycles. The van der Waals surface area contributed by atoms with Crippen LogP contribution in [0.15, 0.2) is 72.8 Å². The minimum Gasteiger partial charge on any atom is -0.354 e. The van der Waals surface area contributed by atoms with E-state index in [0.717, 1.165) is 53.1 Å². The summed E-state index contributed by atoms with van der Waals surface area (Å²) in [7, 11) is 0. The molecule has 42 heavy (non-hydrogen) atoms. The SMILES string of the molecule is CCc1ccc(C(=O)N2CCCN(c3nc(Cc4ccc(C)cc4)nc4c3c(C)nn4-c3ccc(F)cc3)CC2)cc1. The van der Waals surface area contributed by atoms with Crippen LogP contribution >= 0.6 is 0 Å². The van der Waals surface area contributed by atoms with E-state index in [9.17, 15) is 9.18 Å². The second-order valence-corrected chi connectivity index (χ2v) is 11.0. The smallest absolute Gasteiger partial charge is 0.253 e. The van der Waals surface area contributed by atoms with E-state index < -0.39 is 0 Å². The van der Waals surface area contributed by atoms with E-state index in [2.05, 4.69) is 43.0 Å². The number of anilines is 1. The number of aryl methyl sites for hydroxylation is 3. The molecular weight excluding hydrogens is 527 g/mol. The molecule has 0 aliphatic carbocycles. The van der Waals surface area contributed by atoms with Gasteiger partial charge >= 0.3 is 0 Å². The van der Waals surface area contributed by atoms with Crippen LogP contribution in [0.3, 0.4) is 0 Å². The Hall–Kier alpha value is -4.59. The Morgan fingerprint density at radius 3 is 2.26 bits per heavy atom. The molecule has 0 atom stereocenters. The maximum atomic E-state index is 13.7. The molecule has 0 spiro atoms. The molecule has 1 aliphatic heterocycles. The van der Waals surface area contributed by atoms with Gasteiger partial charge in [-0.1, -0.05) is 48.9 Å². The van der Waals surface area contributed by atoms with Crippen molar-refractivity contribution in [3.8, 4) is 5.69 Å². The zero-order chi connectivity index (χ0) is 29.2. The van der Waals surface area contributed by atoms with Crippen LogP contribution < -0.4 is 4.90 Å². The highest BCUT2D eigenvalue weighted by Gasteiger charge is 2.25. The summed E-state index contributed by atoms with van der Waals surface area (Å²) in [6.07, 6.45) is 2.34. The third-order valence-electron chi connectivity index (χ3n) is 7.98. The quantitative estimate of drug-likeness (QED) is 0.251. The van der Waals surface area contributed by atoms with E-state index in [1.54, 1.807) is 16.8 Å². The largest absolute Gasteiger partial charge is 0.354 e. The fourth-order valence-corrected chi connectivity index (χ4v) is 5.56. The molecule has 5 aromatic rings. The molecule has 7 nitrogen and oxygen atoms in total. The van der Waals surface area contributed by atoms with Crippen LogP contribution in [-0.4, -0.2) is 56.7 Å².